The molecule has 26 heavy (non-hydrogen) atoms. The zero-order chi connectivity index (χ0) is 18.4. The first-order valence-electron chi connectivity index (χ1n) is 9.02. The predicted octanol–water partition coefficient (Wildman–Crippen LogP) is 3.30. The fourth-order valence-electron chi connectivity index (χ4n) is 2.94. The highest BCUT2D eigenvalue weighted by molar-refractivity contribution is 5.98. The molecule has 5 nitrogen and oxygen atoms in total. The number of amides is 1. The zero-order valence-electron chi connectivity index (χ0n) is 15.1. The van der Waals surface area contributed by atoms with E-state index >= 15 is 0 Å². The van der Waals surface area contributed by atoms with E-state index in [2.05, 4.69) is 5.32 Å². The molecule has 2 aromatic rings. The maximum Gasteiger partial charge on any atom is 0.248 e. The Kier molecular flexibility index (Phi) is 5.91. The molecule has 0 radical (unpaired) electrons. The van der Waals surface area contributed by atoms with Gasteiger partial charge in [0.05, 0.1) is 6.61 Å². The van der Waals surface area contributed by atoms with Crippen LogP contribution in [0.4, 0.5) is 5.69 Å². The second-order valence-electron chi connectivity index (χ2n) is 6.91. The molecule has 0 spiro atoms. The molecule has 0 aromatic heterocycles. The molecule has 1 atom stereocenters. The SMILES string of the molecule is CC(N)(C(=O)Nc1ccc(OCC2CCOCC2)cc1)c1ccccc1. The fraction of sp³-hybridized carbons (Fsp3) is 0.381. The molecule has 5 heteroatoms. The van der Waals surface area contributed by atoms with E-state index in [0.717, 1.165) is 37.4 Å². The van der Waals surface area contributed by atoms with Crippen molar-refractivity contribution >= 4 is 11.6 Å². The lowest BCUT2D eigenvalue weighted by molar-refractivity contribution is -0.120. The van der Waals surface area contributed by atoms with Crippen LogP contribution in [0.2, 0.25) is 0 Å². The highest BCUT2D eigenvalue weighted by Gasteiger charge is 2.30. The van der Waals surface area contributed by atoms with E-state index in [4.69, 9.17) is 15.2 Å². The Balaban J connectivity index is 1.55. The molecular weight excluding hydrogens is 328 g/mol. The summed E-state index contributed by atoms with van der Waals surface area (Å²) < 4.78 is 11.2. The van der Waals surface area contributed by atoms with Crippen molar-refractivity contribution in [2.24, 2.45) is 11.7 Å². The van der Waals surface area contributed by atoms with Crippen molar-refractivity contribution in [1.29, 1.82) is 0 Å². The van der Waals surface area contributed by atoms with Crippen molar-refractivity contribution in [3.8, 4) is 5.75 Å². The number of benzene rings is 2. The van der Waals surface area contributed by atoms with Crippen LogP contribution in [0.5, 0.6) is 5.75 Å². The largest absolute Gasteiger partial charge is 0.493 e. The van der Waals surface area contributed by atoms with Crippen molar-refractivity contribution in [3.05, 3.63) is 60.2 Å². The average molecular weight is 354 g/mol. The predicted molar refractivity (Wildman–Crippen MR) is 102 cm³/mol. The molecule has 1 unspecified atom stereocenters. The van der Waals surface area contributed by atoms with Crippen LogP contribution >= 0.6 is 0 Å². The number of nitrogens with two attached hydrogens (primary N) is 1. The van der Waals surface area contributed by atoms with Gasteiger partial charge in [0, 0.05) is 18.9 Å². The highest BCUT2D eigenvalue weighted by Crippen LogP contribution is 2.22. The molecular formula is C21H26N2O3. The summed E-state index contributed by atoms with van der Waals surface area (Å²) in [6, 6.07) is 16.7. The van der Waals surface area contributed by atoms with Gasteiger partial charge in [-0.15, -0.1) is 0 Å². The van der Waals surface area contributed by atoms with Crippen LogP contribution in [-0.4, -0.2) is 25.7 Å². The molecule has 0 bridgehead atoms. The molecule has 1 saturated heterocycles. The van der Waals surface area contributed by atoms with Gasteiger partial charge in [0.15, 0.2) is 0 Å². The van der Waals surface area contributed by atoms with Crippen LogP contribution in [-0.2, 0) is 15.1 Å². The number of hydrogen-bond donors (Lipinski definition) is 2. The fourth-order valence-corrected chi connectivity index (χ4v) is 2.94. The summed E-state index contributed by atoms with van der Waals surface area (Å²) in [6.07, 6.45) is 2.09. The van der Waals surface area contributed by atoms with Crippen LogP contribution in [0.1, 0.15) is 25.3 Å². The Hall–Kier alpha value is -2.37. The van der Waals surface area contributed by atoms with Gasteiger partial charge in [-0.3, -0.25) is 4.79 Å². The molecule has 0 aliphatic carbocycles. The first-order valence-corrected chi connectivity index (χ1v) is 9.02. The van der Waals surface area contributed by atoms with Gasteiger partial charge in [-0.1, -0.05) is 30.3 Å². The lowest BCUT2D eigenvalue weighted by atomic mass is 9.92. The molecule has 1 amide bonds. The Morgan fingerprint density at radius 1 is 1.15 bits per heavy atom. The van der Waals surface area contributed by atoms with E-state index in [1.54, 1.807) is 6.92 Å². The van der Waals surface area contributed by atoms with E-state index in [1.165, 1.54) is 0 Å². The Labute approximate surface area is 154 Å². The van der Waals surface area contributed by atoms with Gasteiger partial charge >= 0.3 is 0 Å². The van der Waals surface area contributed by atoms with Crippen molar-refractivity contribution in [3.63, 3.8) is 0 Å². The van der Waals surface area contributed by atoms with Crippen LogP contribution in [0.3, 0.4) is 0 Å². The second-order valence-corrected chi connectivity index (χ2v) is 6.91. The Morgan fingerprint density at radius 2 is 1.81 bits per heavy atom. The minimum Gasteiger partial charge on any atom is -0.493 e. The topological polar surface area (TPSA) is 73.6 Å². The van der Waals surface area contributed by atoms with Gasteiger partial charge in [-0.25, -0.2) is 0 Å². The number of carbonyl (C=O) groups excluding carboxylic acids is 1. The van der Waals surface area contributed by atoms with Crippen molar-refractivity contribution in [1.82, 2.24) is 0 Å². The monoisotopic (exact) mass is 354 g/mol. The maximum atomic E-state index is 12.6. The van der Waals surface area contributed by atoms with Crippen molar-refractivity contribution in [2.45, 2.75) is 25.3 Å². The summed E-state index contributed by atoms with van der Waals surface area (Å²) in [5, 5.41) is 2.88. The number of rotatable bonds is 6. The van der Waals surface area contributed by atoms with E-state index in [-0.39, 0.29) is 5.91 Å². The summed E-state index contributed by atoms with van der Waals surface area (Å²) in [5.74, 6) is 1.10. The van der Waals surface area contributed by atoms with Crippen molar-refractivity contribution < 1.29 is 14.3 Å². The van der Waals surface area contributed by atoms with Crippen LogP contribution in [0.15, 0.2) is 54.6 Å². The zero-order valence-corrected chi connectivity index (χ0v) is 15.1. The summed E-state index contributed by atoms with van der Waals surface area (Å²) in [5.41, 5.74) is 6.61. The second kappa shape index (κ2) is 8.34. The molecule has 138 valence electrons. The standard InChI is InChI=1S/C21H26N2O3/c1-21(22,17-5-3-2-4-6-17)20(24)23-18-7-9-19(10-8-18)26-15-16-11-13-25-14-12-16/h2-10,16H,11-15,22H2,1H3,(H,23,24). The van der Waals surface area contributed by atoms with E-state index in [0.29, 0.717) is 18.2 Å². The smallest absolute Gasteiger partial charge is 0.248 e. The molecule has 1 aliphatic heterocycles. The third-order valence-corrected chi connectivity index (χ3v) is 4.78. The lowest BCUT2D eigenvalue weighted by Gasteiger charge is -2.24. The summed E-state index contributed by atoms with van der Waals surface area (Å²) in [6.45, 7) is 4.05. The number of anilines is 1. The van der Waals surface area contributed by atoms with E-state index in [9.17, 15) is 4.79 Å². The highest BCUT2D eigenvalue weighted by atomic mass is 16.5. The first kappa shape index (κ1) is 18.4. The Morgan fingerprint density at radius 3 is 2.46 bits per heavy atom. The summed E-state index contributed by atoms with van der Waals surface area (Å²) >= 11 is 0. The molecule has 1 aliphatic rings. The lowest BCUT2D eigenvalue weighted by Crippen LogP contribution is -2.45. The van der Waals surface area contributed by atoms with Gasteiger partial charge in [0.1, 0.15) is 11.3 Å². The molecule has 1 fully saturated rings. The molecule has 3 rings (SSSR count). The molecule has 2 aromatic carbocycles. The van der Waals surface area contributed by atoms with Crippen molar-refractivity contribution in [2.75, 3.05) is 25.1 Å². The summed E-state index contributed by atoms with van der Waals surface area (Å²) in [4.78, 5) is 12.6. The van der Waals surface area contributed by atoms with Gasteiger partial charge in [0.2, 0.25) is 5.91 Å². The van der Waals surface area contributed by atoms with Crippen LogP contribution in [0.25, 0.3) is 0 Å². The third kappa shape index (κ3) is 4.62. The van der Waals surface area contributed by atoms with Gasteiger partial charge in [0.25, 0.3) is 0 Å². The third-order valence-electron chi connectivity index (χ3n) is 4.78. The maximum absolute atomic E-state index is 12.6. The normalized spacial score (nSPS) is 17.3. The van der Waals surface area contributed by atoms with E-state index < -0.39 is 5.54 Å². The quantitative estimate of drug-likeness (QED) is 0.835. The van der Waals surface area contributed by atoms with Crippen LogP contribution < -0.4 is 15.8 Å². The number of carbonyl (C=O) groups is 1. The molecule has 1 heterocycles. The first-order chi connectivity index (χ1) is 12.6. The van der Waals surface area contributed by atoms with Crippen LogP contribution in [0, 0.1) is 5.92 Å². The van der Waals surface area contributed by atoms with Gasteiger partial charge in [-0.05, 0) is 55.5 Å². The van der Waals surface area contributed by atoms with Gasteiger partial charge in [-0.2, -0.15) is 0 Å². The molecule has 0 saturated carbocycles. The number of ether oxygens (including phenoxy) is 2. The summed E-state index contributed by atoms with van der Waals surface area (Å²) in [7, 11) is 0. The minimum atomic E-state index is -1.10. The van der Waals surface area contributed by atoms with Gasteiger partial charge < -0.3 is 20.5 Å². The molecule has 3 N–H and O–H groups in total. The number of hydrogen-bond acceptors (Lipinski definition) is 4. The van der Waals surface area contributed by atoms with E-state index in [1.807, 2.05) is 54.6 Å². The number of nitrogens with one attached hydrogen (secondary N) is 1. The Bertz CT molecular complexity index is 708. The minimum absolute atomic E-state index is 0.250. The average Bonchev–Trinajstić information content (AvgIpc) is 2.69.